The Bertz CT molecular complexity index is 307. The number of carbonyl (C=O) groups is 1. The second kappa shape index (κ2) is 5.53. The predicted octanol–water partition coefficient (Wildman–Crippen LogP) is 2.77. The van der Waals surface area contributed by atoms with E-state index in [4.69, 9.17) is 0 Å². The number of nitriles is 1. The first-order valence-corrected chi connectivity index (χ1v) is 6.96. The second-order valence-corrected chi connectivity index (χ2v) is 5.60. The third-order valence-corrected chi connectivity index (χ3v) is 4.14. The van der Waals surface area contributed by atoms with Gasteiger partial charge in [-0.15, -0.1) is 0 Å². The van der Waals surface area contributed by atoms with E-state index < -0.39 is 5.41 Å². The molecule has 0 spiro atoms. The van der Waals surface area contributed by atoms with Crippen LogP contribution in [0.25, 0.3) is 0 Å². The normalized spacial score (nSPS) is 23.5. The lowest BCUT2D eigenvalue weighted by Crippen LogP contribution is -2.40. The molecule has 0 aliphatic heterocycles. The topological polar surface area (TPSA) is 52.9 Å². The largest absolute Gasteiger partial charge is 0.355 e. The lowest BCUT2D eigenvalue weighted by molar-refractivity contribution is -0.128. The van der Waals surface area contributed by atoms with Crippen LogP contribution in [0.2, 0.25) is 0 Å². The fourth-order valence-corrected chi connectivity index (χ4v) is 2.69. The summed E-state index contributed by atoms with van der Waals surface area (Å²) in [6.07, 6.45) is 9.59. The molecular formula is C14H22N2O. The van der Waals surface area contributed by atoms with Crippen LogP contribution < -0.4 is 5.32 Å². The summed E-state index contributed by atoms with van der Waals surface area (Å²) in [5.74, 6) is 0.824. The third kappa shape index (κ3) is 3.21. The van der Waals surface area contributed by atoms with E-state index in [-0.39, 0.29) is 5.91 Å². The van der Waals surface area contributed by atoms with Crippen LogP contribution in [0.15, 0.2) is 0 Å². The highest BCUT2D eigenvalue weighted by atomic mass is 16.2. The van der Waals surface area contributed by atoms with Crippen molar-refractivity contribution < 1.29 is 4.79 Å². The van der Waals surface area contributed by atoms with Gasteiger partial charge < -0.3 is 5.32 Å². The Hall–Kier alpha value is -1.04. The van der Waals surface area contributed by atoms with E-state index in [1.165, 1.54) is 25.7 Å². The average molecular weight is 234 g/mol. The van der Waals surface area contributed by atoms with Gasteiger partial charge >= 0.3 is 0 Å². The predicted molar refractivity (Wildman–Crippen MR) is 66.1 cm³/mol. The Kier molecular flexibility index (Phi) is 4.04. The molecule has 1 amide bonds. The third-order valence-electron chi connectivity index (χ3n) is 4.14. The fourth-order valence-electron chi connectivity index (χ4n) is 2.69. The molecule has 2 saturated carbocycles. The van der Waals surface area contributed by atoms with Gasteiger partial charge in [-0.25, -0.2) is 0 Å². The smallest absolute Gasteiger partial charge is 0.240 e. The van der Waals surface area contributed by atoms with E-state index in [1.54, 1.807) is 0 Å². The number of carbonyl (C=O) groups excluding carboxylic acids is 1. The van der Waals surface area contributed by atoms with Gasteiger partial charge in [-0.3, -0.25) is 4.79 Å². The van der Waals surface area contributed by atoms with E-state index in [0.717, 1.165) is 44.6 Å². The summed E-state index contributed by atoms with van der Waals surface area (Å²) < 4.78 is 0. The molecule has 0 heterocycles. The summed E-state index contributed by atoms with van der Waals surface area (Å²) in [6.45, 7) is 0.757. The maximum atomic E-state index is 12.2. The van der Waals surface area contributed by atoms with Gasteiger partial charge in [0, 0.05) is 6.54 Å². The van der Waals surface area contributed by atoms with Gasteiger partial charge in [-0.2, -0.15) is 5.26 Å². The van der Waals surface area contributed by atoms with Crippen LogP contribution in [-0.4, -0.2) is 12.5 Å². The zero-order valence-corrected chi connectivity index (χ0v) is 10.5. The zero-order chi connectivity index (χ0) is 12.1. The summed E-state index contributed by atoms with van der Waals surface area (Å²) in [7, 11) is 0. The monoisotopic (exact) mass is 234 g/mol. The quantitative estimate of drug-likeness (QED) is 0.760. The number of nitrogens with zero attached hydrogens (tertiary/aromatic N) is 1. The molecule has 0 aromatic rings. The van der Waals surface area contributed by atoms with Crippen LogP contribution >= 0.6 is 0 Å². The lowest BCUT2D eigenvalue weighted by Gasteiger charge is -2.23. The standard InChI is InChI=1S/C14H22N2O/c15-11-14(8-3-1-2-4-9-14)13(17)16-10-7-12-5-6-12/h12H,1-10H2,(H,16,17). The molecule has 3 nitrogen and oxygen atoms in total. The molecule has 0 saturated heterocycles. The Morgan fingerprint density at radius 2 is 1.88 bits per heavy atom. The fraction of sp³-hybridized carbons (Fsp3) is 0.857. The van der Waals surface area contributed by atoms with Crippen LogP contribution in [0.1, 0.15) is 57.8 Å². The van der Waals surface area contributed by atoms with Crippen molar-refractivity contribution in [3.8, 4) is 6.07 Å². The number of hydrogen-bond acceptors (Lipinski definition) is 2. The van der Waals surface area contributed by atoms with Crippen molar-refractivity contribution in [2.24, 2.45) is 11.3 Å². The van der Waals surface area contributed by atoms with Crippen LogP contribution in [0.3, 0.4) is 0 Å². The highest BCUT2D eigenvalue weighted by molar-refractivity contribution is 5.85. The van der Waals surface area contributed by atoms with Gasteiger partial charge in [0.1, 0.15) is 5.41 Å². The average Bonchev–Trinajstić information content (AvgIpc) is 3.15. The lowest BCUT2D eigenvalue weighted by atomic mass is 9.81. The molecule has 0 unspecified atom stereocenters. The van der Waals surface area contributed by atoms with Crippen LogP contribution in [0.5, 0.6) is 0 Å². The first-order chi connectivity index (χ1) is 8.27. The molecule has 1 N–H and O–H groups in total. The number of rotatable bonds is 4. The van der Waals surface area contributed by atoms with Gasteiger partial charge in [-0.05, 0) is 25.2 Å². The Morgan fingerprint density at radius 3 is 2.41 bits per heavy atom. The summed E-state index contributed by atoms with van der Waals surface area (Å²) >= 11 is 0. The highest BCUT2D eigenvalue weighted by Gasteiger charge is 2.38. The maximum Gasteiger partial charge on any atom is 0.240 e. The van der Waals surface area contributed by atoms with Crippen molar-refractivity contribution in [3.05, 3.63) is 0 Å². The number of hydrogen-bond donors (Lipinski definition) is 1. The molecule has 94 valence electrons. The van der Waals surface area contributed by atoms with Crippen LogP contribution in [-0.2, 0) is 4.79 Å². The summed E-state index contributed by atoms with van der Waals surface area (Å²) in [5, 5.41) is 12.3. The molecule has 2 fully saturated rings. The summed E-state index contributed by atoms with van der Waals surface area (Å²) in [4.78, 5) is 12.2. The Balaban J connectivity index is 1.85. The summed E-state index contributed by atoms with van der Waals surface area (Å²) in [5.41, 5.74) is -0.722. The molecule has 0 aromatic heterocycles. The second-order valence-electron chi connectivity index (χ2n) is 5.60. The number of amides is 1. The van der Waals surface area contributed by atoms with Crippen molar-refractivity contribution in [1.29, 1.82) is 5.26 Å². The van der Waals surface area contributed by atoms with Crippen molar-refractivity contribution in [2.45, 2.75) is 57.8 Å². The molecule has 0 aromatic carbocycles. The molecule has 17 heavy (non-hydrogen) atoms. The first kappa shape index (κ1) is 12.4. The Morgan fingerprint density at radius 1 is 1.24 bits per heavy atom. The van der Waals surface area contributed by atoms with E-state index in [9.17, 15) is 10.1 Å². The van der Waals surface area contributed by atoms with Gasteiger partial charge in [0.15, 0.2) is 0 Å². The molecule has 2 aliphatic carbocycles. The SMILES string of the molecule is N#CC1(C(=O)NCCC2CC2)CCCCCC1. The molecular weight excluding hydrogens is 212 g/mol. The Labute approximate surface area is 104 Å². The van der Waals surface area contributed by atoms with E-state index in [1.807, 2.05) is 0 Å². The van der Waals surface area contributed by atoms with Gasteiger partial charge in [0.05, 0.1) is 6.07 Å². The molecule has 0 atom stereocenters. The van der Waals surface area contributed by atoms with Gasteiger partial charge in [0.2, 0.25) is 5.91 Å². The number of nitrogens with one attached hydrogen (secondary N) is 1. The van der Waals surface area contributed by atoms with Crippen molar-refractivity contribution in [3.63, 3.8) is 0 Å². The van der Waals surface area contributed by atoms with Crippen molar-refractivity contribution >= 4 is 5.91 Å². The minimum Gasteiger partial charge on any atom is -0.355 e. The van der Waals surface area contributed by atoms with E-state index in [0.29, 0.717) is 0 Å². The maximum absolute atomic E-state index is 12.2. The zero-order valence-electron chi connectivity index (χ0n) is 10.5. The van der Waals surface area contributed by atoms with Crippen molar-refractivity contribution in [2.75, 3.05) is 6.54 Å². The van der Waals surface area contributed by atoms with Gasteiger partial charge in [0.25, 0.3) is 0 Å². The van der Waals surface area contributed by atoms with Crippen molar-refractivity contribution in [1.82, 2.24) is 5.32 Å². The first-order valence-electron chi connectivity index (χ1n) is 6.96. The van der Waals surface area contributed by atoms with Crippen LogP contribution in [0, 0.1) is 22.7 Å². The minimum atomic E-state index is -0.722. The molecule has 0 bridgehead atoms. The van der Waals surface area contributed by atoms with E-state index in [2.05, 4.69) is 11.4 Å². The van der Waals surface area contributed by atoms with E-state index >= 15 is 0 Å². The summed E-state index contributed by atoms with van der Waals surface area (Å²) in [6, 6.07) is 2.30. The molecule has 2 rings (SSSR count). The molecule has 2 aliphatic rings. The minimum absolute atomic E-state index is 0.0115. The highest BCUT2D eigenvalue weighted by Crippen LogP contribution is 2.35. The van der Waals surface area contributed by atoms with Gasteiger partial charge in [-0.1, -0.05) is 38.5 Å². The molecule has 0 radical (unpaired) electrons. The van der Waals surface area contributed by atoms with Crippen LogP contribution in [0.4, 0.5) is 0 Å². The molecule has 3 heteroatoms.